The van der Waals surface area contributed by atoms with Crippen molar-refractivity contribution in [2.75, 3.05) is 18.4 Å². The lowest BCUT2D eigenvalue weighted by Crippen LogP contribution is -2.38. The Labute approximate surface area is 162 Å². The molecule has 28 heavy (non-hydrogen) atoms. The van der Waals surface area contributed by atoms with E-state index in [4.69, 9.17) is 4.74 Å². The van der Waals surface area contributed by atoms with Gasteiger partial charge in [0.05, 0.1) is 17.9 Å². The van der Waals surface area contributed by atoms with Gasteiger partial charge in [-0.05, 0) is 61.1 Å². The van der Waals surface area contributed by atoms with E-state index in [0.717, 1.165) is 0 Å². The molecule has 1 aliphatic carbocycles. The number of hydrogen-bond donors (Lipinski definition) is 3. The zero-order valence-electron chi connectivity index (χ0n) is 15.3. The molecule has 0 unspecified atom stereocenters. The maximum Gasteiger partial charge on any atom is 0.321 e. The van der Waals surface area contributed by atoms with Crippen LogP contribution in [-0.2, 0) is 0 Å². The molecule has 2 aromatic carbocycles. The normalized spacial score (nSPS) is 26.6. The van der Waals surface area contributed by atoms with E-state index in [-0.39, 0.29) is 23.7 Å². The largest absolute Gasteiger partial charge is 0.455 e. The maximum atomic E-state index is 13.1. The molecule has 7 heteroatoms. The number of nitrogens with one attached hydrogen (secondary N) is 1. The number of nitrogens with zero attached hydrogens (tertiary/aromatic N) is 1. The summed E-state index contributed by atoms with van der Waals surface area (Å²) in [5, 5.41) is 22.6. The standard InChI is InChI=1S/C21H23FN2O4/c22-15-5-7-16(8-6-15)28-20-4-2-1-3-17(20)23-21(27)24-11-13-9-18(25)19(26)10-14(13)12-24/h1-8,13-14,18-19,25-26H,9-12H2,(H,23,27)/t13-,14+,18+,19-. The van der Waals surface area contributed by atoms with Crippen molar-refractivity contribution in [3.63, 3.8) is 0 Å². The molecule has 6 nitrogen and oxygen atoms in total. The number of halogens is 1. The number of carbonyl (C=O) groups is 1. The molecule has 2 aromatic rings. The van der Waals surface area contributed by atoms with Crippen molar-refractivity contribution < 1.29 is 24.1 Å². The minimum atomic E-state index is -0.714. The number of carbonyl (C=O) groups excluding carboxylic acids is 1. The fourth-order valence-corrected chi connectivity index (χ4v) is 4.06. The molecule has 2 fully saturated rings. The highest BCUT2D eigenvalue weighted by atomic mass is 19.1. The Hall–Kier alpha value is -2.64. The van der Waals surface area contributed by atoms with Gasteiger partial charge in [-0.2, -0.15) is 0 Å². The minimum Gasteiger partial charge on any atom is -0.455 e. The third-order valence-corrected chi connectivity index (χ3v) is 5.57. The average Bonchev–Trinajstić information content (AvgIpc) is 3.08. The molecule has 1 aliphatic heterocycles. The monoisotopic (exact) mass is 386 g/mol. The van der Waals surface area contributed by atoms with Crippen molar-refractivity contribution >= 4 is 11.7 Å². The third kappa shape index (κ3) is 3.95. The van der Waals surface area contributed by atoms with Crippen molar-refractivity contribution in [3.05, 3.63) is 54.3 Å². The zero-order chi connectivity index (χ0) is 19.7. The number of likely N-dealkylation sites (tertiary alicyclic amines) is 1. The van der Waals surface area contributed by atoms with E-state index >= 15 is 0 Å². The highest BCUT2D eigenvalue weighted by Gasteiger charge is 2.42. The van der Waals surface area contributed by atoms with Crippen LogP contribution in [0.3, 0.4) is 0 Å². The second kappa shape index (κ2) is 7.77. The number of benzene rings is 2. The van der Waals surface area contributed by atoms with Gasteiger partial charge in [-0.1, -0.05) is 12.1 Å². The van der Waals surface area contributed by atoms with Crippen molar-refractivity contribution in [2.24, 2.45) is 11.8 Å². The van der Waals surface area contributed by atoms with Crippen LogP contribution in [0.15, 0.2) is 48.5 Å². The second-order valence-electron chi connectivity index (χ2n) is 7.51. The van der Waals surface area contributed by atoms with Gasteiger partial charge in [0.25, 0.3) is 0 Å². The van der Waals surface area contributed by atoms with Crippen LogP contribution in [0.1, 0.15) is 12.8 Å². The quantitative estimate of drug-likeness (QED) is 0.757. The van der Waals surface area contributed by atoms with E-state index in [0.29, 0.717) is 43.1 Å². The number of fused-ring (bicyclic) bond motifs is 1. The van der Waals surface area contributed by atoms with E-state index in [9.17, 15) is 19.4 Å². The zero-order valence-corrected chi connectivity index (χ0v) is 15.3. The smallest absolute Gasteiger partial charge is 0.321 e. The number of amides is 2. The lowest BCUT2D eigenvalue weighted by Gasteiger charge is -2.31. The van der Waals surface area contributed by atoms with E-state index in [1.54, 1.807) is 29.2 Å². The number of urea groups is 1. The van der Waals surface area contributed by atoms with Gasteiger partial charge >= 0.3 is 6.03 Å². The van der Waals surface area contributed by atoms with Crippen molar-refractivity contribution in [3.8, 4) is 11.5 Å². The summed E-state index contributed by atoms with van der Waals surface area (Å²) in [4.78, 5) is 14.5. The van der Waals surface area contributed by atoms with Gasteiger partial charge in [0.2, 0.25) is 0 Å². The fourth-order valence-electron chi connectivity index (χ4n) is 4.06. The predicted molar refractivity (Wildman–Crippen MR) is 102 cm³/mol. The van der Waals surface area contributed by atoms with Crippen molar-refractivity contribution in [1.29, 1.82) is 0 Å². The van der Waals surface area contributed by atoms with Gasteiger partial charge in [0, 0.05) is 13.1 Å². The number of rotatable bonds is 3. The van der Waals surface area contributed by atoms with E-state index < -0.39 is 12.2 Å². The van der Waals surface area contributed by atoms with Crippen molar-refractivity contribution in [1.82, 2.24) is 4.90 Å². The number of para-hydroxylation sites is 2. The third-order valence-electron chi connectivity index (χ3n) is 5.57. The Bertz CT molecular complexity index is 827. The predicted octanol–water partition coefficient (Wildman–Crippen LogP) is 3.21. The van der Waals surface area contributed by atoms with Crippen LogP contribution < -0.4 is 10.1 Å². The molecule has 0 bridgehead atoms. The molecule has 148 valence electrons. The Morgan fingerprint density at radius 3 is 2.25 bits per heavy atom. The molecule has 1 heterocycles. The molecule has 4 rings (SSSR count). The molecule has 0 radical (unpaired) electrons. The van der Waals surface area contributed by atoms with Gasteiger partial charge in [-0.3, -0.25) is 0 Å². The van der Waals surface area contributed by atoms with Crippen LogP contribution in [0.5, 0.6) is 11.5 Å². The molecule has 0 spiro atoms. The average molecular weight is 386 g/mol. The Balaban J connectivity index is 1.43. The highest BCUT2D eigenvalue weighted by Crippen LogP contribution is 2.37. The fraction of sp³-hybridized carbons (Fsp3) is 0.381. The van der Waals surface area contributed by atoms with Gasteiger partial charge < -0.3 is 25.2 Å². The first-order valence-corrected chi connectivity index (χ1v) is 9.44. The van der Waals surface area contributed by atoms with Crippen molar-refractivity contribution in [2.45, 2.75) is 25.0 Å². The number of aliphatic hydroxyl groups is 2. The van der Waals surface area contributed by atoms with Gasteiger partial charge in [-0.25, -0.2) is 9.18 Å². The van der Waals surface area contributed by atoms with Crippen LogP contribution in [0.4, 0.5) is 14.9 Å². The summed E-state index contributed by atoms with van der Waals surface area (Å²) < 4.78 is 18.9. The molecule has 2 aliphatic rings. The van der Waals surface area contributed by atoms with Crippen LogP contribution >= 0.6 is 0 Å². The Morgan fingerprint density at radius 1 is 1.00 bits per heavy atom. The van der Waals surface area contributed by atoms with Gasteiger partial charge in [0.1, 0.15) is 11.6 Å². The Morgan fingerprint density at radius 2 is 1.61 bits per heavy atom. The molecule has 2 amide bonds. The summed E-state index contributed by atoms with van der Waals surface area (Å²) >= 11 is 0. The molecule has 4 atom stereocenters. The van der Waals surface area contributed by atoms with E-state index in [2.05, 4.69) is 5.32 Å². The summed E-state index contributed by atoms with van der Waals surface area (Å²) in [6, 6.07) is 12.5. The number of hydrogen-bond acceptors (Lipinski definition) is 4. The summed E-state index contributed by atoms with van der Waals surface area (Å²) in [6.07, 6.45) is -0.400. The molecular formula is C21H23FN2O4. The van der Waals surface area contributed by atoms with Crippen LogP contribution in [0, 0.1) is 17.7 Å². The SMILES string of the molecule is O=C(Nc1ccccc1Oc1ccc(F)cc1)N1C[C@H]2C[C@H](O)[C@H](O)C[C@H]2C1. The first kappa shape index (κ1) is 18.7. The lowest BCUT2D eigenvalue weighted by atomic mass is 9.79. The van der Waals surface area contributed by atoms with Gasteiger partial charge in [-0.15, -0.1) is 0 Å². The number of aliphatic hydroxyl groups excluding tert-OH is 2. The number of ether oxygens (including phenoxy) is 1. The first-order valence-electron chi connectivity index (χ1n) is 9.44. The highest BCUT2D eigenvalue weighted by molar-refractivity contribution is 5.91. The molecule has 1 saturated heterocycles. The molecule has 1 saturated carbocycles. The van der Waals surface area contributed by atoms with Crippen LogP contribution in [-0.4, -0.2) is 46.4 Å². The summed E-state index contributed by atoms with van der Waals surface area (Å²) in [6.45, 7) is 1.11. The van der Waals surface area contributed by atoms with Crippen LogP contribution in [0.25, 0.3) is 0 Å². The minimum absolute atomic E-state index is 0.204. The van der Waals surface area contributed by atoms with E-state index in [1.807, 2.05) is 0 Å². The topological polar surface area (TPSA) is 82.0 Å². The van der Waals surface area contributed by atoms with Gasteiger partial charge in [0.15, 0.2) is 5.75 Å². The van der Waals surface area contributed by atoms with Crippen LogP contribution in [0.2, 0.25) is 0 Å². The number of anilines is 1. The first-order chi connectivity index (χ1) is 13.5. The lowest BCUT2D eigenvalue weighted by molar-refractivity contribution is -0.0372. The summed E-state index contributed by atoms with van der Waals surface area (Å²) in [5.41, 5.74) is 0.520. The molecule has 3 N–H and O–H groups in total. The maximum absolute atomic E-state index is 13.1. The summed E-state index contributed by atoms with van der Waals surface area (Å²) in [7, 11) is 0. The second-order valence-corrected chi connectivity index (χ2v) is 7.51. The molecule has 0 aromatic heterocycles. The van der Waals surface area contributed by atoms with E-state index in [1.165, 1.54) is 24.3 Å². The molecular weight excluding hydrogens is 363 g/mol. The summed E-state index contributed by atoms with van der Waals surface area (Å²) in [5.74, 6) is 0.993. The Kier molecular flexibility index (Phi) is 5.19.